The molecule has 1 unspecified atom stereocenters. The van der Waals surface area contributed by atoms with Crippen LogP contribution in [0.4, 0.5) is 5.13 Å². The molecular weight excluding hydrogens is 240 g/mol. The summed E-state index contributed by atoms with van der Waals surface area (Å²) in [6.45, 7) is 3.32. The third-order valence-corrected chi connectivity index (χ3v) is 4.07. The number of aryl methyl sites for hydroxylation is 1. The Hall–Kier alpha value is -1.14. The van der Waals surface area contributed by atoms with E-state index in [4.69, 9.17) is 9.84 Å². The average molecular weight is 256 g/mol. The zero-order valence-electron chi connectivity index (χ0n) is 9.97. The molecule has 0 saturated carbocycles. The van der Waals surface area contributed by atoms with Crippen molar-refractivity contribution in [3.8, 4) is 0 Å². The number of hydrogen-bond acceptors (Lipinski definition) is 5. The number of carbonyl (C=O) groups is 1. The lowest BCUT2D eigenvalue weighted by Gasteiger charge is -2.19. The molecule has 1 fully saturated rings. The molecule has 1 aromatic heterocycles. The maximum Gasteiger partial charge on any atom is 0.347 e. The van der Waals surface area contributed by atoms with Gasteiger partial charge in [0.25, 0.3) is 0 Å². The van der Waals surface area contributed by atoms with E-state index < -0.39 is 5.97 Å². The standard InChI is InChI=1S/C11H16N2O3S/c1-7-9(10(14)15)17-11(12-7)13(2)6-8-4-3-5-16-8/h8H,3-6H2,1-2H3,(H,14,15). The number of anilines is 1. The Labute approximate surface area is 104 Å². The van der Waals surface area contributed by atoms with Crippen molar-refractivity contribution in [2.24, 2.45) is 0 Å². The number of aromatic nitrogens is 1. The van der Waals surface area contributed by atoms with Crippen LogP contribution in [0.3, 0.4) is 0 Å². The van der Waals surface area contributed by atoms with Gasteiger partial charge in [-0.15, -0.1) is 0 Å². The number of nitrogens with zero attached hydrogens (tertiary/aromatic N) is 2. The minimum atomic E-state index is -0.906. The monoisotopic (exact) mass is 256 g/mol. The van der Waals surface area contributed by atoms with E-state index in [9.17, 15) is 4.79 Å². The zero-order valence-corrected chi connectivity index (χ0v) is 10.8. The highest BCUT2D eigenvalue weighted by molar-refractivity contribution is 7.17. The minimum absolute atomic E-state index is 0.248. The molecule has 94 valence electrons. The van der Waals surface area contributed by atoms with Crippen LogP contribution in [0, 0.1) is 6.92 Å². The van der Waals surface area contributed by atoms with Gasteiger partial charge in [0.15, 0.2) is 5.13 Å². The van der Waals surface area contributed by atoms with Gasteiger partial charge in [-0.2, -0.15) is 0 Å². The van der Waals surface area contributed by atoms with Crippen LogP contribution in [0.25, 0.3) is 0 Å². The normalized spacial score (nSPS) is 19.5. The fourth-order valence-corrected chi connectivity index (χ4v) is 2.79. The van der Waals surface area contributed by atoms with Crippen molar-refractivity contribution < 1.29 is 14.6 Å². The van der Waals surface area contributed by atoms with E-state index in [0.29, 0.717) is 10.6 Å². The SMILES string of the molecule is Cc1nc(N(C)CC2CCCO2)sc1C(=O)O. The second-order valence-electron chi connectivity index (χ2n) is 4.23. The Kier molecular flexibility index (Phi) is 3.63. The molecule has 1 atom stereocenters. The number of rotatable bonds is 4. The Balaban J connectivity index is 2.05. The van der Waals surface area contributed by atoms with E-state index in [1.165, 1.54) is 11.3 Å². The van der Waals surface area contributed by atoms with Crippen LogP contribution in [-0.4, -0.2) is 42.4 Å². The quantitative estimate of drug-likeness (QED) is 0.889. The molecule has 2 rings (SSSR count). The van der Waals surface area contributed by atoms with Gasteiger partial charge < -0.3 is 14.7 Å². The number of thiazole rings is 1. The van der Waals surface area contributed by atoms with Crippen LogP contribution in [0.2, 0.25) is 0 Å². The lowest BCUT2D eigenvalue weighted by Crippen LogP contribution is -2.28. The van der Waals surface area contributed by atoms with Gasteiger partial charge in [0.2, 0.25) is 0 Å². The third kappa shape index (κ3) is 2.76. The fraction of sp³-hybridized carbons (Fsp3) is 0.636. The summed E-state index contributed by atoms with van der Waals surface area (Å²) in [6.07, 6.45) is 2.42. The highest BCUT2D eigenvalue weighted by atomic mass is 32.1. The highest BCUT2D eigenvalue weighted by Gasteiger charge is 2.21. The van der Waals surface area contributed by atoms with E-state index in [1.54, 1.807) is 6.92 Å². The maximum atomic E-state index is 10.9. The molecule has 1 aromatic rings. The van der Waals surface area contributed by atoms with Crippen LogP contribution >= 0.6 is 11.3 Å². The highest BCUT2D eigenvalue weighted by Crippen LogP contribution is 2.26. The molecule has 1 aliphatic rings. The first-order valence-electron chi connectivity index (χ1n) is 5.61. The number of aromatic carboxylic acids is 1. The fourth-order valence-electron chi connectivity index (χ4n) is 1.92. The number of carboxylic acid groups (broad SMARTS) is 1. The lowest BCUT2D eigenvalue weighted by atomic mass is 10.2. The summed E-state index contributed by atoms with van der Waals surface area (Å²) in [6, 6.07) is 0. The minimum Gasteiger partial charge on any atom is -0.477 e. The predicted molar refractivity (Wildman–Crippen MR) is 66.1 cm³/mol. The van der Waals surface area contributed by atoms with Gasteiger partial charge in [-0.05, 0) is 19.8 Å². The Morgan fingerprint density at radius 2 is 2.47 bits per heavy atom. The predicted octanol–water partition coefficient (Wildman–Crippen LogP) is 1.76. The molecule has 17 heavy (non-hydrogen) atoms. The molecule has 0 bridgehead atoms. The van der Waals surface area contributed by atoms with Crippen molar-refractivity contribution in [3.63, 3.8) is 0 Å². The molecule has 2 heterocycles. The first kappa shape index (κ1) is 12.3. The van der Waals surface area contributed by atoms with Crippen molar-refractivity contribution in [2.75, 3.05) is 25.1 Å². The number of hydrogen-bond donors (Lipinski definition) is 1. The lowest BCUT2D eigenvalue weighted by molar-refractivity contribution is 0.0701. The van der Waals surface area contributed by atoms with E-state index in [2.05, 4.69) is 4.98 Å². The topological polar surface area (TPSA) is 62.7 Å². The molecule has 6 heteroatoms. The van der Waals surface area contributed by atoms with Gasteiger partial charge in [0.05, 0.1) is 11.8 Å². The molecule has 0 aromatic carbocycles. The summed E-state index contributed by atoms with van der Waals surface area (Å²) in [5, 5.41) is 9.72. The Morgan fingerprint density at radius 1 is 1.71 bits per heavy atom. The summed E-state index contributed by atoms with van der Waals surface area (Å²) in [5.74, 6) is -0.906. The van der Waals surface area contributed by atoms with E-state index in [0.717, 1.165) is 31.1 Å². The van der Waals surface area contributed by atoms with Crippen LogP contribution in [-0.2, 0) is 4.74 Å². The first-order valence-corrected chi connectivity index (χ1v) is 6.43. The molecule has 1 N–H and O–H groups in total. The van der Waals surface area contributed by atoms with Gasteiger partial charge in [-0.3, -0.25) is 0 Å². The molecule has 0 radical (unpaired) electrons. The molecule has 1 saturated heterocycles. The van der Waals surface area contributed by atoms with Gasteiger partial charge in [-0.1, -0.05) is 11.3 Å². The van der Waals surface area contributed by atoms with Crippen LogP contribution in [0.1, 0.15) is 28.2 Å². The Bertz CT molecular complexity index is 413. The van der Waals surface area contributed by atoms with Gasteiger partial charge in [-0.25, -0.2) is 9.78 Å². The average Bonchev–Trinajstić information content (AvgIpc) is 2.86. The zero-order chi connectivity index (χ0) is 12.4. The summed E-state index contributed by atoms with van der Waals surface area (Å²) in [7, 11) is 1.92. The van der Waals surface area contributed by atoms with E-state index in [-0.39, 0.29) is 6.10 Å². The van der Waals surface area contributed by atoms with Gasteiger partial charge in [0.1, 0.15) is 4.88 Å². The van der Waals surface area contributed by atoms with Crippen LogP contribution in [0.15, 0.2) is 0 Å². The van der Waals surface area contributed by atoms with E-state index in [1.807, 2.05) is 11.9 Å². The van der Waals surface area contributed by atoms with Crippen LogP contribution in [0.5, 0.6) is 0 Å². The number of likely N-dealkylation sites (N-methyl/N-ethyl adjacent to an activating group) is 1. The van der Waals surface area contributed by atoms with Gasteiger partial charge in [0, 0.05) is 20.2 Å². The molecule has 5 nitrogen and oxygen atoms in total. The van der Waals surface area contributed by atoms with E-state index >= 15 is 0 Å². The summed E-state index contributed by atoms with van der Waals surface area (Å²) in [4.78, 5) is 17.5. The Morgan fingerprint density at radius 3 is 3.00 bits per heavy atom. The van der Waals surface area contributed by atoms with Crippen LogP contribution < -0.4 is 4.90 Å². The second-order valence-corrected chi connectivity index (χ2v) is 5.21. The largest absolute Gasteiger partial charge is 0.477 e. The summed E-state index contributed by atoms with van der Waals surface area (Å²) in [5.41, 5.74) is 0.580. The van der Waals surface area contributed by atoms with Crippen molar-refractivity contribution in [1.29, 1.82) is 0 Å². The summed E-state index contributed by atoms with van der Waals surface area (Å²) < 4.78 is 5.55. The third-order valence-electron chi connectivity index (χ3n) is 2.81. The van der Waals surface area contributed by atoms with Crippen molar-refractivity contribution in [2.45, 2.75) is 25.9 Å². The number of ether oxygens (including phenoxy) is 1. The number of carboxylic acids is 1. The second kappa shape index (κ2) is 5.01. The smallest absolute Gasteiger partial charge is 0.347 e. The van der Waals surface area contributed by atoms with Crippen molar-refractivity contribution in [3.05, 3.63) is 10.6 Å². The molecular formula is C11H16N2O3S. The molecule has 0 aliphatic carbocycles. The van der Waals surface area contributed by atoms with Crippen molar-refractivity contribution >= 4 is 22.4 Å². The molecule has 1 aliphatic heterocycles. The van der Waals surface area contributed by atoms with Crippen molar-refractivity contribution in [1.82, 2.24) is 4.98 Å². The van der Waals surface area contributed by atoms with Gasteiger partial charge >= 0.3 is 5.97 Å². The molecule has 0 amide bonds. The molecule has 0 spiro atoms. The first-order chi connectivity index (χ1) is 8.08. The maximum absolute atomic E-state index is 10.9. The summed E-state index contributed by atoms with van der Waals surface area (Å²) >= 11 is 1.22.